The first-order valence-electron chi connectivity index (χ1n) is 7.28. The van der Waals surface area contributed by atoms with Gasteiger partial charge in [0, 0.05) is 19.2 Å². The van der Waals surface area contributed by atoms with Crippen LogP contribution in [0.15, 0.2) is 24.4 Å². The number of halogens is 2. The van der Waals surface area contributed by atoms with Crippen molar-refractivity contribution in [3.63, 3.8) is 0 Å². The van der Waals surface area contributed by atoms with Gasteiger partial charge in [0.15, 0.2) is 5.82 Å². The predicted octanol–water partition coefficient (Wildman–Crippen LogP) is 3.13. The van der Waals surface area contributed by atoms with E-state index in [2.05, 4.69) is 32.3 Å². The topological polar surface area (TPSA) is 53.9 Å². The monoisotopic (exact) mass is 305 g/mol. The molecule has 1 unspecified atom stereocenters. The zero-order valence-corrected chi connectivity index (χ0v) is 12.3. The molecule has 0 bridgehead atoms. The molecule has 116 valence electrons. The lowest BCUT2D eigenvalue weighted by molar-refractivity contribution is 0.441. The molecule has 2 aromatic rings. The zero-order chi connectivity index (χ0) is 15.5. The van der Waals surface area contributed by atoms with Gasteiger partial charge in [-0.25, -0.2) is 8.78 Å². The summed E-state index contributed by atoms with van der Waals surface area (Å²) in [4.78, 5) is 6.45. The number of nitrogens with one attached hydrogen (secondary N) is 1. The number of aromatic nitrogens is 3. The second-order valence-electron chi connectivity index (χ2n) is 5.58. The number of nitrogens with zero attached hydrogens (tertiary/aromatic N) is 4. The summed E-state index contributed by atoms with van der Waals surface area (Å²) in [6, 6.07) is 3.34. The fraction of sp³-hybridized carbons (Fsp3) is 0.400. The van der Waals surface area contributed by atoms with Gasteiger partial charge in [-0.15, -0.1) is 5.10 Å². The summed E-state index contributed by atoms with van der Waals surface area (Å²) in [5, 5.41) is 10.8. The summed E-state index contributed by atoms with van der Waals surface area (Å²) in [5.41, 5.74) is 0.153. The summed E-state index contributed by atoms with van der Waals surface area (Å²) < 4.78 is 26.6. The number of rotatable bonds is 3. The Balaban J connectivity index is 1.79. The minimum Gasteiger partial charge on any atom is -0.339 e. The van der Waals surface area contributed by atoms with Crippen molar-refractivity contribution in [3.8, 4) is 0 Å². The molecule has 7 heteroatoms. The minimum atomic E-state index is -0.674. The second-order valence-corrected chi connectivity index (χ2v) is 5.58. The van der Waals surface area contributed by atoms with Crippen LogP contribution in [0.1, 0.15) is 19.8 Å². The number of benzene rings is 1. The molecule has 3 rings (SSSR count). The van der Waals surface area contributed by atoms with Crippen LogP contribution in [0.4, 0.5) is 26.2 Å². The highest BCUT2D eigenvalue weighted by atomic mass is 19.1. The highest BCUT2D eigenvalue weighted by Gasteiger charge is 2.19. The molecular formula is C15H17F2N5. The summed E-state index contributed by atoms with van der Waals surface area (Å²) >= 11 is 0. The van der Waals surface area contributed by atoms with Gasteiger partial charge in [-0.1, -0.05) is 6.92 Å². The molecule has 1 aliphatic heterocycles. The van der Waals surface area contributed by atoms with Crippen molar-refractivity contribution < 1.29 is 8.78 Å². The van der Waals surface area contributed by atoms with Gasteiger partial charge in [0.1, 0.15) is 11.6 Å². The van der Waals surface area contributed by atoms with Crippen molar-refractivity contribution in [2.24, 2.45) is 5.92 Å². The van der Waals surface area contributed by atoms with E-state index in [4.69, 9.17) is 0 Å². The molecule has 1 aromatic carbocycles. The standard InChI is InChI=1S/C15H17F2N5/c1-10-3-2-6-22(9-10)15-20-14(8-18-21-15)19-13-5-4-11(16)7-12(13)17/h4-5,7-8,10H,2-3,6,9H2,1H3,(H,19,20,21). The van der Waals surface area contributed by atoms with Gasteiger partial charge in [-0.05, 0) is 30.9 Å². The van der Waals surface area contributed by atoms with Crippen molar-refractivity contribution in [3.05, 3.63) is 36.0 Å². The van der Waals surface area contributed by atoms with Crippen LogP contribution >= 0.6 is 0 Å². The van der Waals surface area contributed by atoms with Crippen LogP contribution in [0, 0.1) is 17.6 Å². The smallest absolute Gasteiger partial charge is 0.247 e. The first-order valence-corrected chi connectivity index (χ1v) is 7.28. The number of anilines is 3. The summed E-state index contributed by atoms with van der Waals surface area (Å²) in [5.74, 6) is 0.204. The van der Waals surface area contributed by atoms with E-state index < -0.39 is 11.6 Å². The third-order valence-electron chi connectivity index (χ3n) is 3.68. The molecule has 0 radical (unpaired) electrons. The van der Waals surface area contributed by atoms with Crippen LogP contribution in [0.3, 0.4) is 0 Å². The van der Waals surface area contributed by atoms with Crippen LogP contribution in [-0.2, 0) is 0 Å². The van der Waals surface area contributed by atoms with Crippen molar-refractivity contribution in [2.45, 2.75) is 19.8 Å². The van der Waals surface area contributed by atoms with Gasteiger partial charge < -0.3 is 10.2 Å². The van der Waals surface area contributed by atoms with Gasteiger partial charge >= 0.3 is 0 Å². The van der Waals surface area contributed by atoms with E-state index in [0.717, 1.165) is 25.6 Å². The molecule has 0 aliphatic carbocycles. The Bertz CT molecular complexity index is 664. The molecule has 0 saturated carbocycles. The molecule has 0 amide bonds. The highest BCUT2D eigenvalue weighted by Crippen LogP contribution is 2.22. The lowest BCUT2D eigenvalue weighted by Gasteiger charge is -2.30. The van der Waals surface area contributed by atoms with E-state index in [1.807, 2.05) is 0 Å². The molecule has 1 atom stereocenters. The Morgan fingerprint density at radius 1 is 1.32 bits per heavy atom. The van der Waals surface area contributed by atoms with Crippen LogP contribution < -0.4 is 10.2 Å². The quantitative estimate of drug-likeness (QED) is 0.944. The lowest BCUT2D eigenvalue weighted by atomic mass is 10.0. The van der Waals surface area contributed by atoms with E-state index in [-0.39, 0.29) is 5.69 Å². The second kappa shape index (κ2) is 6.21. The highest BCUT2D eigenvalue weighted by molar-refractivity contribution is 5.56. The van der Waals surface area contributed by atoms with Crippen LogP contribution in [0.2, 0.25) is 0 Å². The predicted molar refractivity (Wildman–Crippen MR) is 80.1 cm³/mol. The van der Waals surface area contributed by atoms with E-state index in [1.54, 1.807) is 0 Å². The molecule has 1 aromatic heterocycles. The van der Waals surface area contributed by atoms with E-state index >= 15 is 0 Å². The Morgan fingerprint density at radius 2 is 2.18 bits per heavy atom. The van der Waals surface area contributed by atoms with Gasteiger partial charge in [0.05, 0.1) is 11.9 Å². The summed E-state index contributed by atoms with van der Waals surface area (Å²) in [6.07, 6.45) is 3.71. The Hall–Kier alpha value is -2.31. The number of hydrogen-bond donors (Lipinski definition) is 1. The van der Waals surface area contributed by atoms with Gasteiger partial charge in [-0.3, -0.25) is 0 Å². The largest absolute Gasteiger partial charge is 0.339 e. The maximum Gasteiger partial charge on any atom is 0.247 e. The summed E-state index contributed by atoms with van der Waals surface area (Å²) in [6.45, 7) is 3.96. The first-order chi connectivity index (χ1) is 10.6. The van der Waals surface area contributed by atoms with Gasteiger partial charge in [-0.2, -0.15) is 10.1 Å². The van der Waals surface area contributed by atoms with Crippen molar-refractivity contribution >= 4 is 17.5 Å². The molecule has 2 heterocycles. The molecule has 1 saturated heterocycles. The fourth-order valence-electron chi connectivity index (χ4n) is 2.59. The SMILES string of the molecule is CC1CCCN(c2nncc(Nc3ccc(F)cc3F)n2)C1. The third-order valence-corrected chi connectivity index (χ3v) is 3.68. The molecular weight excluding hydrogens is 288 g/mol. The molecule has 22 heavy (non-hydrogen) atoms. The fourth-order valence-corrected chi connectivity index (χ4v) is 2.59. The zero-order valence-electron chi connectivity index (χ0n) is 12.3. The third kappa shape index (κ3) is 3.29. The van der Waals surface area contributed by atoms with E-state index in [9.17, 15) is 8.78 Å². The van der Waals surface area contributed by atoms with E-state index in [1.165, 1.54) is 24.8 Å². The van der Waals surface area contributed by atoms with Gasteiger partial charge in [0.2, 0.25) is 5.95 Å². The maximum atomic E-state index is 13.7. The maximum absolute atomic E-state index is 13.7. The molecule has 5 nitrogen and oxygen atoms in total. The normalized spacial score (nSPS) is 18.3. The van der Waals surface area contributed by atoms with Gasteiger partial charge in [0.25, 0.3) is 0 Å². The van der Waals surface area contributed by atoms with Crippen LogP contribution in [0.5, 0.6) is 0 Å². The molecule has 1 aliphatic rings. The Kier molecular flexibility index (Phi) is 4.13. The number of hydrogen-bond acceptors (Lipinski definition) is 5. The van der Waals surface area contributed by atoms with Crippen LogP contribution in [0.25, 0.3) is 0 Å². The minimum absolute atomic E-state index is 0.153. The molecule has 1 N–H and O–H groups in total. The Morgan fingerprint density at radius 3 is 2.95 bits per heavy atom. The average molecular weight is 305 g/mol. The Labute approximate surface area is 127 Å². The molecule has 1 fully saturated rings. The van der Waals surface area contributed by atoms with Crippen molar-refractivity contribution in [1.29, 1.82) is 0 Å². The van der Waals surface area contributed by atoms with Crippen molar-refractivity contribution in [1.82, 2.24) is 15.2 Å². The average Bonchev–Trinajstić information content (AvgIpc) is 2.50. The van der Waals surface area contributed by atoms with Crippen LogP contribution in [-0.4, -0.2) is 28.3 Å². The summed E-state index contributed by atoms with van der Waals surface area (Å²) in [7, 11) is 0. The number of piperidine rings is 1. The van der Waals surface area contributed by atoms with E-state index in [0.29, 0.717) is 17.7 Å². The lowest BCUT2D eigenvalue weighted by Crippen LogP contribution is -2.35. The van der Waals surface area contributed by atoms with Crippen molar-refractivity contribution in [2.75, 3.05) is 23.3 Å². The molecule has 0 spiro atoms. The first kappa shape index (κ1) is 14.6.